The molecule has 0 atom stereocenters. The standard InChI is InChI=1S/C27H30O4/c1-4-7-14-20-23(18-17-19-12-9-8-10-13-19)25(27(29)31-6-3)22-16-11-15-21(22)24(20)26(28)30-5-2/h8-10,12-13H,4-7,11,14-16H2,1-3H3. The molecule has 0 aromatic heterocycles. The summed E-state index contributed by atoms with van der Waals surface area (Å²) in [5.74, 6) is 5.78. The van der Waals surface area contributed by atoms with Crippen LogP contribution in [0.5, 0.6) is 0 Å². The number of fused-ring (bicyclic) bond motifs is 1. The van der Waals surface area contributed by atoms with Gasteiger partial charge in [0, 0.05) is 11.1 Å². The third-order valence-corrected chi connectivity index (χ3v) is 5.52. The molecule has 0 amide bonds. The van der Waals surface area contributed by atoms with Crippen molar-refractivity contribution in [1.29, 1.82) is 0 Å². The van der Waals surface area contributed by atoms with Gasteiger partial charge < -0.3 is 9.47 Å². The number of rotatable bonds is 7. The second-order valence-electron chi connectivity index (χ2n) is 7.57. The summed E-state index contributed by atoms with van der Waals surface area (Å²) in [4.78, 5) is 26.1. The van der Waals surface area contributed by atoms with E-state index in [0.29, 0.717) is 36.3 Å². The highest BCUT2D eigenvalue weighted by Gasteiger charge is 2.32. The molecule has 0 heterocycles. The van der Waals surface area contributed by atoms with Crippen molar-refractivity contribution in [3.63, 3.8) is 0 Å². The summed E-state index contributed by atoms with van der Waals surface area (Å²) in [5, 5.41) is 0. The highest BCUT2D eigenvalue weighted by Crippen LogP contribution is 2.36. The van der Waals surface area contributed by atoms with Crippen LogP contribution in [0.25, 0.3) is 0 Å². The van der Waals surface area contributed by atoms with Crippen molar-refractivity contribution < 1.29 is 19.1 Å². The second-order valence-corrected chi connectivity index (χ2v) is 7.57. The molecular weight excluding hydrogens is 388 g/mol. The van der Waals surface area contributed by atoms with Gasteiger partial charge in [-0.3, -0.25) is 0 Å². The lowest BCUT2D eigenvalue weighted by molar-refractivity contribution is 0.0508. The van der Waals surface area contributed by atoms with Gasteiger partial charge in [0.15, 0.2) is 0 Å². The average molecular weight is 419 g/mol. The number of ether oxygens (including phenoxy) is 2. The van der Waals surface area contributed by atoms with Crippen molar-refractivity contribution in [2.45, 2.75) is 59.3 Å². The van der Waals surface area contributed by atoms with E-state index >= 15 is 0 Å². The Bertz CT molecular complexity index is 1010. The second kappa shape index (κ2) is 10.8. The smallest absolute Gasteiger partial charge is 0.339 e. The van der Waals surface area contributed by atoms with Gasteiger partial charge in [0.2, 0.25) is 0 Å². The maximum atomic E-state index is 13.1. The van der Waals surface area contributed by atoms with Crippen LogP contribution in [0.3, 0.4) is 0 Å². The first-order valence-corrected chi connectivity index (χ1v) is 11.2. The van der Waals surface area contributed by atoms with E-state index in [2.05, 4.69) is 18.8 Å². The van der Waals surface area contributed by atoms with E-state index in [1.54, 1.807) is 6.92 Å². The number of benzene rings is 2. The van der Waals surface area contributed by atoms with E-state index in [0.717, 1.165) is 54.4 Å². The van der Waals surface area contributed by atoms with Crippen LogP contribution < -0.4 is 0 Å². The molecule has 1 aliphatic carbocycles. The van der Waals surface area contributed by atoms with Crippen molar-refractivity contribution in [3.05, 3.63) is 69.3 Å². The summed E-state index contributed by atoms with van der Waals surface area (Å²) in [6.45, 7) is 6.33. The SMILES string of the molecule is CCCCc1c(C#Cc2ccccc2)c(C(=O)OCC)c2c(c1C(=O)OCC)CCC2. The minimum Gasteiger partial charge on any atom is -0.462 e. The maximum absolute atomic E-state index is 13.1. The van der Waals surface area contributed by atoms with Crippen molar-refractivity contribution in [3.8, 4) is 11.8 Å². The summed E-state index contributed by atoms with van der Waals surface area (Å²) in [6.07, 6.45) is 4.94. The molecule has 162 valence electrons. The van der Waals surface area contributed by atoms with Crippen LogP contribution in [0.4, 0.5) is 0 Å². The first kappa shape index (κ1) is 22.6. The molecule has 0 aliphatic heterocycles. The van der Waals surface area contributed by atoms with E-state index in [1.807, 2.05) is 37.3 Å². The highest BCUT2D eigenvalue weighted by molar-refractivity contribution is 6.01. The molecule has 4 heteroatoms. The third kappa shape index (κ3) is 4.99. The monoisotopic (exact) mass is 418 g/mol. The van der Waals surface area contributed by atoms with Crippen LogP contribution in [0.1, 0.15) is 88.6 Å². The Hall–Kier alpha value is -3.06. The fourth-order valence-electron chi connectivity index (χ4n) is 4.18. The summed E-state index contributed by atoms with van der Waals surface area (Å²) in [5.41, 5.74) is 5.31. The van der Waals surface area contributed by atoms with E-state index in [4.69, 9.17) is 9.47 Å². The predicted octanol–water partition coefficient (Wildman–Crippen LogP) is 5.27. The van der Waals surface area contributed by atoms with Gasteiger partial charge in [-0.05, 0) is 74.8 Å². The van der Waals surface area contributed by atoms with E-state index in [1.165, 1.54) is 0 Å². The Labute approximate surface area is 185 Å². The molecule has 1 aliphatic rings. The number of carbonyl (C=O) groups is 2. The maximum Gasteiger partial charge on any atom is 0.339 e. The third-order valence-electron chi connectivity index (χ3n) is 5.52. The van der Waals surface area contributed by atoms with Gasteiger partial charge in [0.1, 0.15) is 0 Å². The molecule has 4 nitrogen and oxygen atoms in total. The molecule has 0 saturated carbocycles. The fourth-order valence-corrected chi connectivity index (χ4v) is 4.18. The minimum absolute atomic E-state index is 0.295. The Balaban J connectivity index is 2.32. The number of esters is 2. The zero-order chi connectivity index (χ0) is 22.2. The zero-order valence-corrected chi connectivity index (χ0v) is 18.7. The Morgan fingerprint density at radius 2 is 1.48 bits per heavy atom. The quantitative estimate of drug-likeness (QED) is 0.454. The highest BCUT2D eigenvalue weighted by atomic mass is 16.5. The molecule has 2 aromatic carbocycles. The lowest BCUT2D eigenvalue weighted by Gasteiger charge is -2.20. The van der Waals surface area contributed by atoms with Crippen molar-refractivity contribution in [2.24, 2.45) is 0 Å². The van der Waals surface area contributed by atoms with E-state index in [9.17, 15) is 9.59 Å². The molecular formula is C27H30O4. The number of unbranched alkanes of at least 4 members (excludes halogenated alkanes) is 1. The molecule has 0 unspecified atom stereocenters. The lowest BCUT2D eigenvalue weighted by Crippen LogP contribution is -2.19. The fraction of sp³-hybridized carbons (Fsp3) is 0.407. The summed E-state index contributed by atoms with van der Waals surface area (Å²) >= 11 is 0. The van der Waals surface area contributed by atoms with E-state index in [-0.39, 0.29) is 11.9 Å². The Kier molecular flexibility index (Phi) is 7.89. The van der Waals surface area contributed by atoms with Crippen LogP contribution in [0.15, 0.2) is 30.3 Å². The summed E-state index contributed by atoms with van der Waals surface area (Å²) < 4.78 is 10.9. The molecule has 0 bridgehead atoms. The van der Waals surface area contributed by atoms with Crippen molar-refractivity contribution in [1.82, 2.24) is 0 Å². The molecule has 0 fully saturated rings. The van der Waals surface area contributed by atoms with Gasteiger partial charge in [0.25, 0.3) is 0 Å². The molecule has 0 spiro atoms. The molecule has 3 rings (SSSR count). The normalized spacial score (nSPS) is 12.0. The summed E-state index contributed by atoms with van der Waals surface area (Å²) in [7, 11) is 0. The molecule has 0 N–H and O–H groups in total. The van der Waals surface area contributed by atoms with Crippen molar-refractivity contribution >= 4 is 11.9 Å². The largest absolute Gasteiger partial charge is 0.462 e. The van der Waals surface area contributed by atoms with Gasteiger partial charge in [-0.2, -0.15) is 0 Å². The first-order valence-electron chi connectivity index (χ1n) is 11.2. The zero-order valence-electron chi connectivity index (χ0n) is 18.7. The topological polar surface area (TPSA) is 52.6 Å². The van der Waals surface area contributed by atoms with Gasteiger partial charge >= 0.3 is 11.9 Å². The van der Waals surface area contributed by atoms with Gasteiger partial charge in [0.05, 0.1) is 24.3 Å². The Morgan fingerprint density at radius 3 is 2.10 bits per heavy atom. The number of hydrogen-bond acceptors (Lipinski definition) is 4. The first-order chi connectivity index (χ1) is 15.1. The van der Waals surface area contributed by atoms with E-state index < -0.39 is 0 Å². The van der Waals surface area contributed by atoms with Crippen LogP contribution in [-0.4, -0.2) is 25.2 Å². The number of hydrogen-bond donors (Lipinski definition) is 0. The molecule has 31 heavy (non-hydrogen) atoms. The van der Waals surface area contributed by atoms with Gasteiger partial charge in [-0.1, -0.05) is 43.4 Å². The van der Waals surface area contributed by atoms with Crippen LogP contribution in [-0.2, 0) is 28.7 Å². The van der Waals surface area contributed by atoms with Crippen LogP contribution >= 0.6 is 0 Å². The molecule has 0 saturated heterocycles. The lowest BCUT2D eigenvalue weighted by atomic mass is 9.85. The summed E-state index contributed by atoms with van der Waals surface area (Å²) in [6, 6.07) is 9.67. The van der Waals surface area contributed by atoms with Crippen LogP contribution in [0.2, 0.25) is 0 Å². The molecule has 2 aromatic rings. The van der Waals surface area contributed by atoms with Crippen LogP contribution in [0, 0.1) is 11.8 Å². The average Bonchev–Trinajstić information content (AvgIpc) is 3.25. The number of carbonyl (C=O) groups excluding carboxylic acids is 2. The van der Waals surface area contributed by atoms with Crippen molar-refractivity contribution in [2.75, 3.05) is 13.2 Å². The van der Waals surface area contributed by atoms with Gasteiger partial charge in [-0.25, -0.2) is 9.59 Å². The molecule has 0 radical (unpaired) electrons. The predicted molar refractivity (Wildman–Crippen MR) is 121 cm³/mol. The van der Waals surface area contributed by atoms with Gasteiger partial charge in [-0.15, -0.1) is 0 Å². The minimum atomic E-state index is -0.355. The Morgan fingerprint density at radius 1 is 0.871 bits per heavy atom.